The molecule has 2 amide bonds. The van der Waals surface area contributed by atoms with E-state index in [-0.39, 0.29) is 24.8 Å². The smallest absolute Gasteiger partial charge is 0.290 e. The maximum atomic E-state index is 12.6. The summed E-state index contributed by atoms with van der Waals surface area (Å²) in [5.74, 6) is -0.373. The van der Waals surface area contributed by atoms with E-state index in [4.69, 9.17) is 9.90 Å². The van der Waals surface area contributed by atoms with Gasteiger partial charge in [0.15, 0.2) is 0 Å². The topological polar surface area (TPSA) is 115 Å². The Hall–Kier alpha value is -3.17. The number of nitrogens with one attached hydrogen (secondary N) is 3. The SMILES string of the molecule is Cc1ccc(NC(=O)CN(C)C)c(NC(=O)c2cc3sccc3[nH]2)c1.O=CO. The molecule has 0 aliphatic carbocycles. The first-order valence-corrected chi connectivity index (χ1v) is 9.22. The molecule has 0 radical (unpaired) electrons. The van der Waals surface area contributed by atoms with Gasteiger partial charge in [-0.1, -0.05) is 6.07 Å². The number of aromatic nitrogens is 1. The van der Waals surface area contributed by atoms with Crippen molar-refractivity contribution in [3.05, 3.63) is 47.0 Å². The molecule has 9 heteroatoms. The molecule has 2 heterocycles. The van der Waals surface area contributed by atoms with Gasteiger partial charge in [0.1, 0.15) is 5.69 Å². The van der Waals surface area contributed by atoms with E-state index >= 15 is 0 Å². The van der Waals surface area contributed by atoms with E-state index in [1.165, 1.54) is 0 Å². The summed E-state index contributed by atoms with van der Waals surface area (Å²) < 4.78 is 1.04. The number of likely N-dealkylation sites (N-methyl/N-ethyl adjacent to an activating group) is 1. The molecular formula is C19H22N4O4S. The number of nitrogens with zero attached hydrogens (tertiary/aromatic N) is 1. The molecule has 0 fully saturated rings. The third kappa shape index (κ3) is 5.66. The molecule has 0 saturated carbocycles. The van der Waals surface area contributed by atoms with Crippen LogP contribution < -0.4 is 10.6 Å². The van der Waals surface area contributed by atoms with Gasteiger partial charge in [-0.3, -0.25) is 14.4 Å². The second-order valence-electron chi connectivity index (χ2n) is 6.28. The molecule has 2 aromatic heterocycles. The number of benzene rings is 1. The quantitative estimate of drug-likeness (QED) is 0.490. The van der Waals surface area contributed by atoms with Gasteiger partial charge in [-0.2, -0.15) is 0 Å². The zero-order valence-corrected chi connectivity index (χ0v) is 16.6. The van der Waals surface area contributed by atoms with Crippen LogP contribution in [0.5, 0.6) is 0 Å². The molecule has 4 N–H and O–H groups in total. The fourth-order valence-corrected chi connectivity index (χ4v) is 3.29. The third-order valence-corrected chi connectivity index (χ3v) is 4.51. The summed E-state index contributed by atoms with van der Waals surface area (Å²) in [4.78, 5) is 37.8. The van der Waals surface area contributed by atoms with Gasteiger partial charge in [-0.05, 0) is 56.2 Å². The number of carbonyl (C=O) groups excluding carboxylic acids is 2. The van der Waals surface area contributed by atoms with E-state index in [1.54, 1.807) is 22.3 Å². The maximum absolute atomic E-state index is 12.6. The van der Waals surface area contributed by atoms with Gasteiger partial charge in [-0.15, -0.1) is 11.3 Å². The molecule has 0 bridgehead atoms. The van der Waals surface area contributed by atoms with E-state index in [0.29, 0.717) is 17.1 Å². The van der Waals surface area contributed by atoms with Crippen LogP contribution in [0, 0.1) is 6.92 Å². The molecule has 3 aromatic rings. The van der Waals surface area contributed by atoms with Gasteiger partial charge in [-0.25, -0.2) is 0 Å². The van der Waals surface area contributed by atoms with Crippen molar-refractivity contribution in [2.75, 3.05) is 31.3 Å². The first kappa shape index (κ1) is 21.1. The van der Waals surface area contributed by atoms with Crippen LogP contribution in [0.1, 0.15) is 16.1 Å². The lowest BCUT2D eigenvalue weighted by molar-refractivity contribution is -0.123. The third-order valence-electron chi connectivity index (χ3n) is 3.64. The predicted octanol–water partition coefficient (Wildman–Crippen LogP) is 2.99. The van der Waals surface area contributed by atoms with Crippen molar-refractivity contribution in [1.29, 1.82) is 0 Å². The zero-order chi connectivity index (χ0) is 20.7. The number of aryl methyl sites for hydroxylation is 1. The van der Waals surface area contributed by atoms with Crippen LogP contribution >= 0.6 is 11.3 Å². The van der Waals surface area contributed by atoms with E-state index in [0.717, 1.165) is 15.8 Å². The van der Waals surface area contributed by atoms with E-state index in [1.807, 2.05) is 50.7 Å². The van der Waals surface area contributed by atoms with Crippen LogP contribution in [0.3, 0.4) is 0 Å². The minimum Gasteiger partial charge on any atom is -0.483 e. The van der Waals surface area contributed by atoms with Crippen molar-refractivity contribution < 1.29 is 19.5 Å². The molecule has 3 rings (SSSR count). The molecule has 0 saturated heterocycles. The Bertz CT molecular complexity index is 949. The fraction of sp³-hybridized carbons (Fsp3) is 0.211. The number of amides is 2. The first-order chi connectivity index (χ1) is 13.3. The highest BCUT2D eigenvalue weighted by molar-refractivity contribution is 7.17. The lowest BCUT2D eigenvalue weighted by atomic mass is 10.2. The second-order valence-corrected chi connectivity index (χ2v) is 7.22. The highest BCUT2D eigenvalue weighted by Gasteiger charge is 2.14. The normalized spacial score (nSPS) is 10.3. The lowest BCUT2D eigenvalue weighted by Gasteiger charge is -2.14. The molecule has 0 spiro atoms. The number of aromatic amines is 1. The van der Waals surface area contributed by atoms with Gasteiger partial charge in [0.05, 0.1) is 28.1 Å². The molecule has 0 aliphatic rings. The summed E-state index contributed by atoms with van der Waals surface area (Å²) in [6.07, 6.45) is 0. The molecule has 8 nitrogen and oxygen atoms in total. The number of carboxylic acid groups (broad SMARTS) is 1. The van der Waals surface area contributed by atoms with Crippen molar-refractivity contribution in [1.82, 2.24) is 9.88 Å². The highest BCUT2D eigenvalue weighted by atomic mass is 32.1. The molecule has 28 heavy (non-hydrogen) atoms. The molecule has 1 aromatic carbocycles. The van der Waals surface area contributed by atoms with Crippen molar-refractivity contribution in [3.8, 4) is 0 Å². The van der Waals surface area contributed by atoms with Crippen molar-refractivity contribution in [3.63, 3.8) is 0 Å². The largest absolute Gasteiger partial charge is 0.483 e. The minimum absolute atomic E-state index is 0.135. The minimum atomic E-state index is -0.250. The Morgan fingerprint density at radius 1 is 1.18 bits per heavy atom. The summed E-state index contributed by atoms with van der Waals surface area (Å²) in [7, 11) is 3.66. The average molecular weight is 402 g/mol. The van der Waals surface area contributed by atoms with E-state index in [9.17, 15) is 9.59 Å². The van der Waals surface area contributed by atoms with Gasteiger partial charge in [0.25, 0.3) is 12.4 Å². The molecular weight excluding hydrogens is 380 g/mol. The molecule has 0 unspecified atom stereocenters. The fourth-order valence-electron chi connectivity index (χ4n) is 2.51. The Morgan fingerprint density at radius 3 is 2.54 bits per heavy atom. The number of hydrogen-bond acceptors (Lipinski definition) is 5. The molecule has 0 aliphatic heterocycles. The van der Waals surface area contributed by atoms with Gasteiger partial charge >= 0.3 is 0 Å². The Balaban J connectivity index is 0.000000878. The lowest BCUT2D eigenvalue weighted by Crippen LogP contribution is -2.27. The Kier molecular flexibility index (Phi) is 7.30. The average Bonchev–Trinajstić information content (AvgIpc) is 3.19. The number of fused-ring (bicyclic) bond motifs is 1. The number of hydrogen-bond donors (Lipinski definition) is 4. The number of thiophene rings is 1. The summed E-state index contributed by atoms with van der Waals surface area (Å²) in [6, 6.07) is 9.30. The van der Waals surface area contributed by atoms with Crippen LogP contribution in [0.15, 0.2) is 35.7 Å². The van der Waals surface area contributed by atoms with Crippen LogP contribution in [0.2, 0.25) is 0 Å². The first-order valence-electron chi connectivity index (χ1n) is 8.34. The van der Waals surface area contributed by atoms with Crippen LogP contribution in [0.25, 0.3) is 10.2 Å². The monoisotopic (exact) mass is 402 g/mol. The summed E-state index contributed by atoms with van der Waals surface area (Å²) in [5.41, 5.74) is 3.59. The maximum Gasteiger partial charge on any atom is 0.290 e. The van der Waals surface area contributed by atoms with Crippen molar-refractivity contribution in [2.45, 2.75) is 6.92 Å². The number of carbonyl (C=O) groups is 3. The zero-order valence-electron chi connectivity index (χ0n) is 15.8. The molecule has 148 valence electrons. The summed E-state index contributed by atoms with van der Waals surface area (Å²) >= 11 is 1.58. The van der Waals surface area contributed by atoms with E-state index < -0.39 is 0 Å². The van der Waals surface area contributed by atoms with Crippen LogP contribution in [-0.4, -0.2) is 53.9 Å². The van der Waals surface area contributed by atoms with E-state index in [2.05, 4.69) is 15.6 Å². The number of anilines is 2. The van der Waals surface area contributed by atoms with Gasteiger partial charge in [0, 0.05) is 0 Å². The van der Waals surface area contributed by atoms with Crippen LogP contribution in [0.4, 0.5) is 11.4 Å². The van der Waals surface area contributed by atoms with Crippen molar-refractivity contribution in [2.24, 2.45) is 0 Å². The Morgan fingerprint density at radius 2 is 1.89 bits per heavy atom. The number of H-pyrrole nitrogens is 1. The van der Waals surface area contributed by atoms with Gasteiger partial charge in [0.2, 0.25) is 5.91 Å². The Labute approximate surface area is 166 Å². The standard InChI is InChI=1S/C18H20N4O2S.CH2O2/c1-11-4-5-12(20-17(23)10-22(2)3)14(8-11)21-18(24)15-9-16-13(19-15)6-7-25-16;2-1-3/h4-9,19H,10H2,1-3H3,(H,20,23)(H,21,24);1H,(H,2,3). The van der Waals surface area contributed by atoms with Crippen molar-refractivity contribution >= 4 is 51.2 Å². The van der Waals surface area contributed by atoms with Gasteiger partial charge < -0.3 is 25.6 Å². The highest BCUT2D eigenvalue weighted by Crippen LogP contribution is 2.25. The predicted molar refractivity (Wildman–Crippen MR) is 111 cm³/mol. The second kappa shape index (κ2) is 9.67. The summed E-state index contributed by atoms with van der Waals surface area (Å²) in [5, 5.41) is 14.6. The van der Waals surface area contributed by atoms with Crippen LogP contribution in [-0.2, 0) is 9.59 Å². The summed E-state index contributed by atoms with van der Waals surface area (Å²) in [6.45, 7) is 1.96. The number of rotatable bonds is 5. The molecule has 0 atom stereocenters.